The Morgan fingerprint density at radius 2 is 1.57 bits per heavy atom. The van der Waals surface area contributed by atoms with Crippen LogP contribution in [0.15, 0.2) is 48.5 Å². The number of rotatable bonds is 7. The van der Waals surface area contributed by atoms with Crippen LogP contribution < -0.4 is 9.47 Å². The van der Waals surface area contributed by atoms with E-state index < -0.39 is 5.97 Å². The van der Waals surface area contributed by atoms with Crippen LogP contribution in [0.5, 0.6) is 11.5 Å². The summed E-state index contributed by atoms with van der Waals surface area (Å²) in [5.74, 6) is 0.598. The smallest absolute Gasteiger partial charge is 0.328 e. The molecule has 0 unspecified atom stereocenters. The molecule has 0 bridgehead atoms. The Hall–Kier alpha value is -2.75. The van der Waals surface area contributed by atoms with E-state index >= 15 is 0 Å². The Balaban J connectivity index is 1.77. The highest BCUT2D eigenvalue weighted by atomic mass is 16.5. The largest absolute Gasteiger partial charge is 0.490 e. The maximum absolute atomic E-state index is 10.4. The lowest BCUT2D eigenvalue weighted by Crippen LogP contribution is -2.09. The summed E-state index contributed by atoms with van der Waals surface area (Å²) in [5, 5.41) is 8.57. The third kappa shape index (κ3) is 5.51. The Labute approximate surface area is 136 Å². The van der Waals surface area contributed by atoms with Gasteiger partial charge in [0.15, 0.2) is 0 Å². The first-order valence-corrected chi connectivity index (χ1v) is 7.38. The summed E-state index contributed by atoms with van der Waals surface area (Å²) in [5.41, 5.74) is 3.25. The van der Waals surface area contributed by atoms with Gasteiger partial charge in [0.2, 0.25) is 0 Å². The normalized spacial score (nSPS) is 10.7. The molecule has 2 aromatic rings. The first kappa shape index (κ1) is 16.6. The van der Waals surface area contributed by atoms with Gasteiger partial charge in [-0.25, -0.2) is 4.79 Å². The predicted octanol–water partition coefficient (Wildman–Crippen LogP) is 3.86. The minimum absolute atomic E-state index is 0.442. The van der Waals surface area contributed by atoms with E-state index in [1.165, 1.54) is 17.2 Å². The molecule has 4 nitrogen and oxygen atoms in total. The lowest BCUT2D eigenvalue weighted by Gasteiger charge is -2.10. The molecule has 0 saturated heterocycles. The molecule has 2 rings (SSSR count). The number of benzene rings is 2. The van der Waals surface area contributed by atoms with Gasteiger partial charge < -0.3 is 14.6 Å². The van der Waals surface area contributed by atoms with Gasteiger partial charge in [-0.2, -0.15) is 0 Å². The predicted molar refractivity (Wildman–Crippen MR) is 90.0 cm³/mol. The van der Waals surface area contributed by atoms with E-state index in [1.807, 2.05) is 18.2 Å². The minimum Gasteiger partial charge on any atom is -0.490 e. The number of carboxylic acids is 1. The third-order valence-corrected chi connectivity index (χ3v) is 3.40. The number of carboxylic acid groups (broad SMARTS) is 1. The van der Waals surface area contributed by atoms with Gasteiger partial charge in [-0.3, -0.25) is 0 Å². The first-order valence-electron chi connectivity index (χ1n) is 7.38. The maximum atomic E-state index is 10.4. The molecule has 0 aliphatic heterocycles. The second-order valence-corrected chi connectivity index (χ2v) is 5.18. The highest BCUT2D eigenvalue weighted by Gasteiger charge is 1.98. The van der Waals surface area contributed by atoms with Crippen molar-refractivity contribution < 1.29 is 19.4 Å². The van der Waals surface area contributed by atoms with Gasteiger partial charge in [-0.05, 0) is 60.9 Å². The molecule has 120 valence electrons. The molecule has 0 radical (unpaired) electrons. The van der Waals surface area contributed by atoms with Gasteiger partial charge in [0.05, 0.1) is 0 Å². The van der Waals surface area contributed by atoms with Gasteiger partial charge in [-0.15, -0.1) is 0 Å². The van der Waals surface area contributed by atoms with Crippen LogP contribution in [0.2, 0.25) is 0 Å². The summed E-state index contributed by atoms with van der Waals surface area (Å²) in [6, 6.07) is 13.2. The molecule has 0 amide bonds. The van der Waals surface area contributed by atoms with Crippen LogP contribution in [-0.2, 0) is 4.79 Å². The fourth-order valence-corrected chi connectivity index (χ4v) is 1.97. The van der Waals surface area contributed by atoms with Gasteiger partial charge in [0.25, 0.3) is 0 Å². The first-order chi connectivity index (χ1) is 11.0. The summed E-state index contributed by atoms with van der Waals surface area (Å²) in [6.07, 6.45) is 2.64. The zero-order chi connectivity index (χ0) is 16.7. The van der Waals surface area contributed by atoms with Crippen LogP contribution in [0.25, 0.3) is 6.08 Å². The number of carbonyl (C=O) groups is 1. The number of aliphatic carboxylic acids is 1. The lowest BCUT2D eigenvalue weighted by molar-refractivity contribution is -0.131. The van der Waals surface area contributed by atoms with E-state index in [0.29, 0.717) is 13.2 Å². The summed E-state index contributed by atoms with van der Waals surface area (Å²) in [7, 11) is 0. The van der Waals surface area contributed by atoms with E-state index in [1.54, 1.807) is 24.3 Å². The van der Waals surface area contributed by atoms with Crippen molar-refractivity contribution in [3.8, 4) is 11.5 Å². The second kappa shape index (κ2) is 8.03. The maximum Gasteiger partial charge on any atom is 0.328 e. The quantitative estimate of drug-likeness (QED) is 0.623. The molecular formula is C19H20O4. The summed E-state index contributed by atoms with van der Waals surface area (Å²) in [4.78, 5) is 10.4. The summed E-state index contributed by atoms with van der Waals surface area (Å²) >= 11 is 0. The van der Waals surface area contributed by atoms with E-state index in [-0.39, 0.29) is 0 Å². The molecule has 0 saturated carbocycles. The molecule has 0 fully saturated rings. The van der Waals surface area contributed by atoms with Crippen molar-refractivity contribution in [2.45, 2.75) is 13.8 Å². The van der Waals surface area contributed by atoms with Crippen LogP contribution in [0.4, 0.5) is 0 Å². The molecule has 0 aromatic heterocycles. The van der Waals surface area contributed by atoms with E-state index in [0.717, 1.165) is 23.1 Å². The minimum atomic E-state index is -0.964. The van der Waals surface area contributed by atoms with Crippen LogP contribution in [-0.4, -0.2) is 24.3 Å². The van der Waals surface area contributed by atoms with Gasteiger partial charge >= 0.3 is 5.97 Å². The Morgan fingerprint density at radius 1 is 0.957 bits per heavy atom. The summed E-state index contributed by atoms with van der Waals surface area (Å²) < 4.78 is 11.2. The molecule has 0 heterocycles. The lowest BCUT2D eigenvalue weighted by atomic mass is 10.1. The molecule has 4 heteroatoms. The second-order valence-electron chi connectivity index (χ2n) is 5.18. The molecule has 0 atom stereocenters. The topological polar surface area (TPSA) is 55.8 Å². The van der Waals surface area contributed by atoms with Crippen molar-refractivity contribution in [1.82, 2.24) is 0 Å². The zero-order valence-electron chi connectivity index (χ0n) is 13.3. The van der Waals surface area contributed by atoms with Crippen molar-refractivity contribution in [1.29, 1.82) is 0 Å². The van der Waals surface area contributed by atoms with Crippen molar-refractivity contribution >= 4 is 12.0 Å². The number of ether oxygens (including phenoxy) is 2. The molecule has 1 N–H and O–H groups in total. The van der Waals surface area contributed by atoms with Gasteiger partial charge in [-0.1, -0.05) is 18.2 Å². The molecule has 0 spiro atoms. The van der Waals surface area contributed by atoms with E-state index in [4.69, 9.17) is 14.6 Å². The van der Waals surface area contributed by atoms with E-state index in [9.17, 15) is 4.79 Å². The van der Waals surface area contributed by atoms with Crippen molar-refractivity contribution in [2.75, 3.05) is 13.2 Å². The van der Waals surface area contributed by atoms with Gasteiger partial charge in [0, 0.05) is 6.08 Å². The fraction of sp³-hybridized carbons (Fsp3) is 0.211. The Morgan fingerprint density at radius 3 is 2.17 bits per heavy atom. The van der Waals surface area contributed by atoms with Crippen LogP contribution >= 0.6 is 0 Å². The van der Waals surface area contributed by atoms with Crippen LogP contribution in [0.3, 0.4) is 0 Å². The van der Waals surface area contributed by atoms with Crippen molar-refractivity contribution in [3.05, 3.63) is 65.2 Å². The van der Waals surface area contributed by atoms with E-state index in [2.05, 4.69) is 13.8 Å². The Kier molecular flexibility index (Phi) is 5.80. The molecule has 23 heavy (non-hydrogen) atoms. The third-order valence-electron chi connectivity index (χ3n) is 3.40. The number of hydrogen-bond donors (Lipinski definition) is 1. The average molecular weight is 312 g/mol. The standard InChI is InChI=1S/C19H20O4/c1-14-3-7-18(13-15(14)2)23-12-11-22-17-8-4-16(5-9-17)6-10-19(20)21/h3-10,13H,11-12H2,1-2H3,(H,20,21). The fourth-order valence-electron chi connectivity index (χ4n) is 1.97. The summed E-state index contributed by atoms with van der Waals surface area (Å²) in [6.45, 7) is 5.02. The number of hydrogen-bond acceptors (Lipinski definition) is 3. The monoisotopic (exact) mass is 312 g/mol. The van der Waals surface area contributed by atoms with Crippen LogP contribution in [0, 0.1) is 13.8 Å². The number of aryl methyl sites for hydroxylation is 2. The Bertz CT molecular complexity index is 687. The van der Waals surface area contributed by atoms with Gasteiger partial charge in [0.1, 0.15) is 24.7 Å². The highest BCUT2D eigenvalue weighted by Crippen LogP contribution is 2.17. The zero-order valence-corrected chi connectivity index (χ0v) is 13.3. The van der Waals surface area contributed by atoms with Crippen molar-refractivity contribution in [2.24, 2.45) is 0 Å². The molecule has 0 aliphatic rings. The highest BCUT2D eigenvalue weighted by molar-refractivity contribution is 5.85. The van der Waals surface area contributed by atoms with Crippen LogP contribution in [0.1, 0.15) is 16.7 Å². The van der Waals surface area contributed by atoms with Crippen molar-refractivity contribution in [3.63, 3.8) is 0 Å². The SMILES string of the molecule is Cc1ccc(OCCOc2ccc(C=CC(=O)O)cc2)cc1C. The average Bonchev–Trinajstić information content (AvgIpc) is 2.54. The molecular weight excluding hydrogens is 292 g/mol. The molecule has 0 aliphatic carbocycles. The molecule has 2 aromatic carbocycles.